The van der Waals surface area contributed by atoms with Gasteiger partial charge in [-0.15, -0.1) is 10.2 Å². The zero-order valence-corrected chi connectivity index (χ0v) is 12.4. The molecule has 2 heterocycles. The molecular weight excluding hydrogens is 308 g/mol. The van der Waals surface area contributed by atoms with Gasteiger partial charge in [-0.2, -0.15) is 0 Å². The lowest BCUT2D eigenvalue weighted by Crippen LogP contribution is -2.32. The van der Waals surface area contributed by atoms with Crippen LogP contribution < -0.4 is 10.1 Å². The molecule has 0 spiro atoms. The first-order valence-corrected chi connectivity index (χ1v) is 7.00. The topological polar surface area (TPSA) is 52.0 Å². The van der Waals surface area contributed by atoms with E-state index in [4.69, 9.17) is 4.74 Å². The highest BCUT2D eigenvalue weighted by Crippen LogP contribution is 2.33. The maximum absolute atomic E-state index is 5.44. The quantitative estimate of drug-likeness (QED) is 0.922. The summed E-state index contributed by atoms with van der Waals surface area (Å²) in [4.78, 5) is 0. The predicted octanol–water partition coefficient (Wildman–Crippen LogP) is 2.38. The summed E-state index contributed by atoms with van der Waals surface area (Å²) in [5.41, 5.74) is 0.971. The number of aromatic nitrogens is 3. The zero-order valence-electron chi connectivity index (χ0n) is 10.9. The highest BCUT2D eigenvalue weighted by molar-refractivity contribution is 9.10. The van der Waals surface area contributed by atoms with Gasteiger partial charge in [0.15, 0.2) is 5.82 Å². The monoisotopic (exact) mass is 322 g/mol. The Morgan fingerprint density at radius 1 is 1.42 bits per heavy atom. The minimum Gasteiger partial charge on any atom is -0.496 e. The molecule has 0 saturated heterocycles. The van der Waals surface area contributed by atoms with Crippen molar-refractivity contribution in [2.24, 2.45) is 0 Å². The second kappa shape index (κ2) is 4.94. The van der Waals surface area contributed by atoms with Gasteiger partial charge in [0.2, 0.25) is 0 Å². The lowest BCUT2D eigenvalue weighted by molar-refractivity contribution is 0.414. The molecule has 100 valence electrons. The number of fused-ring (bicyclic) bond motifs is 1. The Bertz CT molecular complexity index is 611. The van der Waals surface area contributed by atoms with E-state index in [9.17, 15) is 0 Å². The Morgan fingerprint density at radius 3 is 3.05 bits per heavy atom. The first-order chi connectivity index (χ1) is 9.20. The van der Waals surface area contributed by atoms with Crippen molar-refractivity contribution >= 4 is 15.9 Å². The normalized spacial score (nSPS) is 18.2. The molecule has 0 saturated carbocycles. The van der Waals surface area contributed by atoms with E-state index in [0.717, 1.165) is 40.5 Å². The summed E-state index contributed by atoms with van der Waals surface area (Å²) in [6.45, 7) is 3.90. The van der Waals surface area contributed by atoms with Crippen molar-refractivity contribution in [2.75, 3.05) is 13.7 Å². The number of rotatable bonds is 2. The number of hydrogen-bond acceptors (Lipinski definition) is 4. The lowest BCUT2D eigenvalue weighted by atomic mass is 10.1. The summed E-state index contributed by atoms with van der Waals surface area (Å²) < 4.78 is 8.59. The minimum atomic E-state index is 0.233. The Labute approximate surface area is 120 Å². The largest absolute Gasteiger partial charge is 0.496 e. The number of benzene rings is 1. The fourth-order valence-corrected chi connectivity index (χ4v) is 2.73. The minimum absolute atomic E-state index is 0.233. The van der Waals surface area contributed by atoms with Gasteiger partial charge in [0.1, 0.15) is 11.6 Å². The van der Waals surface area contributed by atoms with Crippen LogP contribution in [-0.2, 0) is 6.54 Å². The molecule has 1 aliphatic heterocycles. The van der Waals surface area contributed by atoms with Crippen LogP contribution in [0.25, 0.3) is 11.4 Å². The predicted molar refractivity (Wildman–Crippen MR) is 76.1 cm³/mol. The first-order valence-electron chi connectivity index (χ1n) is 6.21. The smallest absolute Gasteiger partial charge is 0.167 e. The number of nitrogens with zero attached hydrogens (tertiary/aromatic N) is 3. The van der Waals surface area contributed by atoms with Crippen molar-refractivity contribution < 1.29 is 4.74 Å². The van der Waals surface area contributed by atoms with Crippen LogP contribution in [-0.4, -0.2) is 28.4 Å². The second-order valence-electron chi connectivity index (χ2n) is 4.55. The van der Waals surface area contributed by atoms with Gasteiger partial charge >= 0.3 is 0 Å². The SMILES string of the molecule is COc1cc(Br)ccc1-c1nnc2n1CCNC2C. The van der Waals surface area contributed by atoms with E-state index in [-0.39, 0.29) is 6.04 Å². The molecule has 5 nitrogen and oxygen atoms in total. The van der Waals surface area contributed by atoms with Crippen molar-refractivity contribution in [1.29, 1.82) is 0 Å². The average molecular weight is 323 g/mol. The van der Waals surface area contributed by atoms with E-state index in [2.05, 4.69) is 42.9 Å². The van der Waals surface area contributed by atoms with Gasteiger partial charge in [-0.05, 0) is 25.1 Å². The van der Waals surface area contributed by atoms with Gasteiger partial charge in [0.25, 0.3) is 0 Å². The van der Waals surface area contributed by atoms with Crippen LogP contribution in [0, 0.1) is 0 Å². The Kier molecular flexibility index (Phi) is 3.28. The Morgan fingerprint density at radius 2 is 2.26 bits per heavy atom. The molecular formula is C13H15BrN4O. The van der Waals surface area contributed by atoms with Crippen molar-refractivity contribution in [3.63, 3.8) is 0 Å². The standard InChI is InChI=1S/C13H15BrN4O/c1-8-12-16-17-13(18(12)6-5-15-8)10-4-3-9(14)7-11(10)19-2/h3-4,7-8,15H,5-6H2,1-2H3. The van der Waals surface area contributed by atoms with Crippen molar-refractivity contribution in [2.45, 2.75) is 19.5 Å². The fourth-order valence-electron chi connectivity index (χ4n) is 2.39. The number of methoxy groups -OCH3 is 1. The Balaban J connectivity index is 2.13. The molecule has 0 amide bonds. The van der Waals surface area contributed by atoms with E-state index in [1.807, 2.05) is 18.2 Å². The number of halogens is 1. The van der Waals surface area contributed by atoms with Gasteiger partial charge < -0.3 is 14.6 Å². The molecule has 1 aromatic heterocycles. The molecule has 0 aliphatic carbocycles. The number of hydrogen-bond donors (Lipinski definition) is 1. The number of nitrogens with one attached hydrogen (secondary N) is 1. The van der Waals surface area contributed by atoms with Gasteiger partial charge in [-0.1, -0.05) is 15.9 Å². The van der Waals surface area contributed by atoms with Crippen LogP contribution in [0.5, 0.6) is 5.75 Å². The summed E-state index contributed by atoms with van der Waals surface area (Å²) in [5, 5.41) is 12.0. The molecule has 1 N–H and O–H groups in total. The summed E-state index contributed by atoms with van der Waals surface area (Å²) in [7, 11) is 1.67. The van der Waals surface area contributed by atoms with Gasteiger partial charge in [0, 0.05) is 17.6 Å². The Hall–Kier alpha value is -1.40. The molecule has 0 radical (unpaired) electrons. The molecule has 1 unspecified atom stereocenters. The van der Waals surface area contributed by atoms with Crippen LogP contribution in [0.2, 0.25) is 0 Å². The third-order valence-corrected chi connectivity index (χ3v) is 3.85. The zero-order chi connectivity index (χ0) is 13.4. The van der Waals surface area contributed by atoms with Gasteiger partial charge in [-0.3, -0.25) is 0 Å². The third-order valence-electron chi connectivity index (χ3n) is 3.36. The summed E-state index contributed by atoms with van der Waals surface area (Å²) in [6.07, 6.45) is 0. The maximum Gasteiger partial charge on any atom is 0.167 e. The van der Waals surface area contributed by atoms with Crippen molar-refractivity contribution in [1.82, 2.24) is 20.1 Å². The molecule has 0 bridgehead atoms. The highest BCUT2D eigenvalue weighted by Gasteiger charge is 2.23. The van der Waals surface area contributed by atoms with Crippen LogP contribution in [0.15, 0.2) is 22.7 Å². The molecule has 1 aromatic carbocycles. The molecule has 3 rings (SSSR count). The molecule has 1 aliphatic rings. The second-order valence-corrected chi connectivity index (χ2v) is 5.47. The van der Waals surface area contributed by atoms with Crippen LogP contribution in [0.1, 0.15) is 18.8 Å². The summed E-state index contributed by atoms with van der Waals surface area (Å²) in [5.74, 6) is 2.65. The summed E-state index contributed by atoms with van der Waals surface area (Å²) in [6, 6.07) is 6.18. The molecule has 1 atom stereocenters. The van der Waals surface area contributed by atoms with Crippen molar-refractivity contribution in [3.05, 3.63) is 28.5 Å². The molecule has 2 aromatic rings. The molecule has 6 heteroatoms. The third kappa shape index (κ3) is 2.15. The van der Waals surface area contributed by atoms with E-state index >= 15 is 0 Å². The van der Waals surface area contributed by atoms with Crippen LogP contribution >= 0.6 is 15.9 Å². The van der Waals surface area contributed by atoms with E-state index in [1.165, 1.54) is 0 Å². The number of ether oxygens (including phenoxy) is 1. The fraction of sp³-hybridized carbons (Fsp3) is 0.385. The summed E-state index contributed by atoms with van der Waals surface area (Å²) >= 11 is 3.45. The molecule has 0 fully saturated rings. The van der Waals surface area contributed by atoms with Gasteiger partial charge in [-0.25, -0.2) is 0 Å². The maximum atomic E-state index is 5.44. The van der Waals surface area contributed by atoms with Crippen molar-refractivity contribution in [3.8, 4) is 17.1 Å². The van der Waals surface area contributed by atoms with E-state index < -0.39 is 0 Å². The van der Waals surface area contributed by atoms with Crippen LogP contribution in [0.3, 0.4) is 0 Å². The molecule has 19 heavy (non-hydrogen) atoms. The van der Waals surface area contributed by atoms with Gasteiger partial charge in [0.05, 0.1) is 18.7 Å². The van der Waals surface area contributed by atoms with Crippen LogP contribution in [0.4, 0.5) is 0 Å². The average Bonchev–Trinajstić information content (AvgIpc) is 2.84. The lowest BCUT2D eigenvalue weighted by Gasteiger charge is -2.22. The highest BCUT2D eigenvalue weighted by atomic mass is 79.9. The van der Waals surface area contributed by atoms with E-state index in [0.29, 0.717) is 0 Å². The van der Waals surface area contributed by atoms with E-state index in [1.54, 1.807) is 7.11 Å². The first kappa shape index (κ1) is 12.6.